The summed E-state index contributed by atoms with van der Waals surface area (Å²) in [5.41, 5.74) is 5.86. The lowest BCUT2D eigenvalue weighted by molar-refractivity contribution is -0.384. The second kappa shape index (κ2) is 12.8. The first kappa shape index (κ1) is 23.7. The zero-order valence-electron chi connectivity index (χ0n) is 17.9. The summed E-state index contributed by atoms with van der Waals surface area (Å²) in [6.45, 7) is 4.17. The normalized spacial score (nSPS) is 15.6. The van der Waals surface area contributed by atoms with Crippen molar-refractivity contribution in [2.24, 2.45) is 5.73 Å². The summed E-state index contributed by atoms with van der Waals surface area (Å²) in [6.07, 6.45) is 2.12. The number of hydrogen-bond donors (Lipinski definition) is 3. The summed E-state index contributed by atoms with van der Waals surface area (Å²) in [4.78, 5) is 24.0. The van der Waals surface area contributed by atoms with Gasteiger partial charge < -0.3 is 30.6 Å². The summed E-state index contributed by atoms with van der Waals surface area (Å²) in [5.74, 6) is 1.05. The first-order valence-corrected chi connectivity index (χ1v) is 10.6. The number of nitrogens with one attached hydrogen (secondary N) is 2. The van der Waals surface area contributed by atoms with E-state index in [-0.39, 0.29) is 11.8 Å². The van der Waals surface area contributed by atoms with Gasteiger partial charge >= 0.3 is 0 Å². The van der Waals surface area contributed by atoms with E-state index in [1.165, 1.54) is 12.1 Å². The molecule has 1 aliphatic rings. The van der Waals surface area contributed by atoms with Gasteiger partial charge in [0.25, 0.3) is 5.69 Å². The molecule has 174 valence electrons. The summed E-state index contributed by atoms with van der Waals surface area (Å²) in [5, 5.41) is 17.4. The van der Waals surface area contributed by atoms with Gasteiger partial charge in [0.05, 0.1) is 37.5 Å². The minimum atomic E-state index is -0.449. The van der Waals surface area contributed by atoms with E-state index in [1.54, 1.807) is 12.1 Å². The Bertz CT molecular complexity index is 864. The molecule has 1 aromatic heterocycles. The van der Waals surface area contributed by atoms with Gasteiger partial charge in [-0.25, -0.2) is 0 Å². The summed E-state index contributed by atoms with van der Waals surface area (Å²) in [6, 6.07) is 6.19. The Labute approximate surface area is 186 Å². The lowest BCUT2D eigenvalue weighted by atomic mass is 10.2. The first-order valence-electron chi connectivity index (χ1n) is 10.6. The molecule has 0 radical (unpaired) electrons. The topological polar surface area (TPSA) is 160 Å². The number of benzene rings is 1. The molecule has 1 fully saturated rings. The van der Waals surface area contributed by atoms with Crippen LogP contribution in [0.15, 0.2) is 24.3 Å². The fourth-order valence-electron chi connectivity index (χ4n) is 3.07. The van der Waals surface area contributed by atoms with E-state index in [4.69, 9.17) is 19.9 Å². The molecule has 1 saturated heterocycles. The Morgan fingerprint density at radius 3 is 2.62 bits per heavy atom. The smallest absolute Gasteiger partial charge is 0.270 e. The van der Waals surface area contributed by atoms with Crippen LogP contribution in [0.1, 0.15) is 12.8 Å². The number of rotatable bonds is 14. The zero-order valence-corrected chi connectivity index (χ0v) is 17.9. The van der Waals surface area contributed by atoms with Crippen molar-refractivity contribution in [2.75, 3.05) is 63.3 Å². The summed E-state index contributed by atoms with van der Waals surface area (Å²) in [7, 11) is 0. The number of nitro groups is 1. The molecule has 3 rings (SSSR count). The third-order valence-corrected chi connectivity index (χ3v) is 4.63. The van der Waals surface area contributed by atoms with E-state index < -0.39 is 4.92 Å². The van der Waals surface area contributed by atoms with Crippen LogP contribution >= 0.6 is 0 Å². The largest absolute Gasteiger partial charge is 0.378 e. The minimum absolute atomic E-state index is 0.0310. The quantitative estimate of drug-likeness (QED) is 0.218. The van der Waals surface area contributed by atoms with Crippen molar-refractivity contribution in [1.29, 1.82) is 0 Å². The molecule has 0 saturated carbocycles. The van der Waals surface area contributed by atoms with Crippen LogP contribution in [0.4, 0.5) is 17.6 Å². The Kier molecular flexibility index (Phi) is 9.50. The fourth-order valence-corrected chi connectivity index (χ4v) is 3.07. The van der Waals surface area contributed by atoms with Gasteiger partial charge in [-0.15, -0.1) is 0 Å². The zero-order chi connectivity index (χ0) is 22.6. The molecule has 32 heavy (non-hydrogen) atoms. The van der Waals surface area contributed by atoms with Crippen molar-refractivity contribution < 1.29 is 19.1 Å². The number of non-ortho nitro benzene ring substituents is 1. The van der Waals surface area contributed by atoms with Crippen LogP contribution < -0.4 is 16.4 Å². The van der Waals surface area contributed by atoms with Crippen LogP contribution in [0.2, 0.25) is 0 Å². The van der Waals surface area contributed by atoms with Gasteiger partial charge in [-0.05, 0) is 12.8 Å². The predicted molar refractivity (Wildman–Crippen MR) is 119 cm³/mol. The van der Waals surface area contributed by atoms with Gasteiger partial charge in [-0.1, -0.05) is 12.1 Å². The number of aromatic nitrogens is 3. The molecular weight excluding hydrogens is 418 g/mol. The van der Waals surface area contributed by atoms with E-state index in [1.807, 2.05) is 0 Å². The highest BCUT2D eigenvalue weighted by atomic mass is 16.6. The third-order valence-electron chi connectivity index (χ3n) is 4.63. The highest BCUT2D eigenvalue weighted by Gasteiger charge is 2.17. The minimum Gasteiger partial charge on any atom is -0.378 e. The lowest BCUT2D eigenvalue weighted by Gasteiger charge is -2.13. The maximum atomic E-state index is 11.1. The molecule has 0 amide bonds. The van der Waals surface area contributed by atoms with Crippen molar-refractivity contribution in [2.45, 2.75) is 18.9 Å². The molecule has 0 bridgehead atoms. The van der Waals surface area contributed by atoms with Crippen LogP contribution in [0, 0.1) is 10.1 Å². The predicted octanol–water partition coefficient (Wildman–Crippen LogP) is 1.44. The number of hydrogen-bond acceptors (Lipinski definition) is 11. The monoisotopic (exact) mass is 447 g/mol. The molecule has 12 heteroatoms. The number of anilines is 2. The van der Waals surface area contributed by atoms with E-state index in [0.29, 0.717) is 69.3 Å². The van der Waals surface area contributed by atoms with Crippen LogP contribution in [-0.4, -0.2) is 78.6 Å². The molecule has 1 aromatic carbocycles. The SMILES string of the molecule is NCCOCCOCCNc1nc(NCC2CCCO2)nc(-c2cccc([N+](=O)[O-])c2)n1. The van der Waals surface area contributed by atoms with Gasteiger partial charge in [0.15, 0.2) is 5.82 Å². The average molecular weight is 447 g/mol. The maximum absolute atomic E-state index is 11.1. The van der Waals surface area contributed by atoms with Gasteiger partial charge in [-0.2, -0.15) is 15.0 Å². The third kappa shape index (κ3) is 7.64. The first-order chi connectivity index (χ1) is 15.7. The van der Waals surface area contributed by atoms with Gasteiger partial charge in [0.1, 0.15) is 0 Å². The average Bonchev–Trinajstić information content (AvgIpc) is 3.33. The van der Waals surface area contributed by atoms with E-state index in [9.17, 15) is 10.1 Å². The summed E-state index contributed by atoms with van der Waals surface area (Å²) < 4.78 is 16.4. The van der Waals surface area contributed by atoms with E-state index in [2.05, 4.69) is 25.6 Å². The van der Waals surface area contributed by atoms with Crippen molar-refractivity contribution in [3.05, 3.63) is 34.4 Å². The molecule has 0 aliphatic carbocycles. The van der Waals surface area contributed by atoms with Crippen molar-refractivity contribution in [3.8, 4) is 11.4 Å². The molecule has 0 spiro atoms. The van der Waals surface area contributed by atoms with Crippen molar-refractivity contribution >= 4 is 17.6 Å². The fraction of sp³-hybridized carbons (Fsp3) is 0.550. The Morgan fingerprint density at radius 1 is 1.12 bits per heavy atom. The Morgan fingerprint density at radius 2 is 1.91 bits per heavy atom. The molecule has 1 aliphatic heterocycles. The molecule has 2 heterocycles. The molecule has 2 aromatic rings. The standard InChI is InChI=1S/C20H29N7O5/c21-6-9-30-11-12-31-10-7-22-19-24-18(15-3-1-4-16(13-15)27(28)29)25-20(26-19)23-14-17-5-2-8-32-17/h1,3-4,13,17H,2,5-12,14,21H2,(H2,22,23,24,25,26). The second-order valence-electron chi connectivity index (χ2n) is 7.07. The van der Waals surface area contributed by atoms with Crippen molar-refractivity contribution in [1.82, 2.24) is 15.0 Å². The van der Waals surface area contributed by atoms with Crippen LogP contribution in [0.25, 0.3) is 11.4 Å². The van der Waals surface area contributed by atoms with E-state index >= 15 is 0 Å². The van der Waals surface area contributed by atoms with Crippen LogP contribution in [0.3, 0.4) is 0 Å². The molecule has 1 atom stereocenters. The molecule has 1 unspecified atom stereocenters. The second-order valence-corrected chi connectivity index (χ2v) is 7.07. The maximum Gasteiger partial charge on any atom is 0.270 e. The van der Waals surface area contributed by atoms with Crippen LogP contribution in [-0.2, 0) is 14.2 Å². The molecule has 12 nitrogen and oxygen atoms in total. The number of ether oxygens (including phenoxy) is 3. The van der Waals surface area contributed by atoms with Gasteiger partial charge in [0.2, 0.25) is 11.9 Å². The number of nitro benzene ring substituents is 1. The van der Waals surface area contributed by atoms with Crippen LogP contribution in [0.5, 0.6) is 0 Å². The molecular formula is C20H29N7O5. The van der Waals surface area contributed by atoms with E-state index in [0.717, 1.165) is 19.4 Å². The van der Waals surface area contributed by atoms with Gasteiger partial charge in [0, 0.05) is 43.9 Å². The van der Waals surface area contributed by atoms with Crippen molar-refractivity contribution in [3.63, 3.8) is 0 Å². The highest BCUT2D eigenvalue weighted by molar-refractivity contribution is 5.61. The highest BCUT2D eigenvalue weighted by Crippen LogP contribution is 2.23. The summed E-state index contributed by atoms with van der Waals surface area (Å²) >= 11 is 0. The lowest BCUT2D eigenvalue weighted by Crippen LogP contribution is -2.21. The number of nitrogens with two attached hydrogens (primary N) is 1. The number of nitrogens with zero attached hydrogens (tertiary/aromatic N) is 4. The Hall–Kier alpha value is -2.93. The Balaban J connectivity index is 1.64. The molecule has 4 N–H and O–H groups in total. The van der Waals surface area contributed by atoms with Gasteiger partial charge in [-0.3, -0.25) is 10.1 Å².